The van der Waals surface area contributed by atoms with E-state index in [1.165, 1.54) is 24.3 Å². The van der Waals surface area contributed by atoms with Crippen molar-refractivity contribution < 1.29 is 14.0 Å². The van der Waals surface area contributed by atoms with E-state index in [0.29, 0.717) is 17.4 Å². The molecule has 3 aromatic heterocycles. The number of amides is 2. The summed E-state index contributed by atoms with van der Waals surface area (Å²) in [5, 5.41) is 7.93. The number of hydrogen-bond acceptors (Lipinski definition) is 6. The van der Waals surface area contributed by atoms with Crippen molar-refractivity contribution in [1.82, 2.24) is 10.3 Å². The molecule has 2 N–H and O–H groups in total. The van der Waals surface area contributed by atoms with Crippen molar-refractivity contribution in [3.05, 3.63) is 52.1 Å². The van der Waals surface area contributed by atoms with Gasteiger partial charge in [-0.3, -0.25) is 14.9 Å². The van der Waals surface area contributed by atoms with Crippen LogP contribution in [0.2, 0.25) is 0 Å². The zero-order valence-electron chi connectivity index (χ0n) is 14.2. The fraction of sp³-hybridized carbons (Fsp3) is 0.167. The number of thiophene rings is 1. The van der Waals surface area contributed by atoms with E-state index in [0.717, 1.165) is 21.2 Å². The van der Waals surface area contributed by atoms with E-state index in [4.69, 9.17) is 4.42 Å². The molecule has 134 valence electrons. The first-order valence-electron chi connectivity index (χ1n) is 7.84. The predicted molar refractivity (Wildman–Crippen MR) is 104 cm³/mol. The molecule has 6 nitrogen and oxygen atoms in total. The Kier molecular flexibility index (Phi) is 5.65. The molecule has 0 bridgehead atoms. The Morgan fingerprint density at radius 3 is 2.85 bits per heavy atom. The number of carbonyl (C=O) groups is 2. The number of carbonyl (C=O) groups excluding carboxylic acids is 2. The Hall–Kier alpha value is -2.71. The van der Waals surface area contributed by atoms with E-state index >= 15 is 0 Å². The van der Waals surface area contributed by atoms with Crippen LogP contribution in [0.3, 0.4) is 0 Å². The first kappa shape index (κ1) is 18.1. The average molecular weight is 387 g/mol. The molecule has 8 heteroatoms. The third-order valence-corrected chi connectivity index (χ3v) is 5.19. The number of aromatic nitrogens is 1. The van der Waals surface area contributed by atoms with Crippen LogP contribution < -0.4 is 10.6 Å². The highest BCUT2D eigenvalue weighted by atomic mass is 32.1. The van der Waals surface area contributed by atoms with Crippen LogP contribution in [0.1, 0.15) is 23.3 Å². The van der Waals surface area contributed by atoms with Crippen molar-refractivity contribution >= 4 is 45.7 Å². The third-order valence-electron chi connectivity index (χ3n) is 3.32. The number of hydrogen-bond donors (Lipinski definition) is 2. The van der Waals surface area contributed by atoms with Gasteiger partial charge in [-0.2, -0.15) is 0 Å². The van der Waals surface area contributed by atoms with Gasteiger partial charge in [0.2, 0.25) is 11.8 Å². The van der Waals surface area contributed by atoms with Gasteiger partial charge in [0.25, 0.3) is 0 Å². The van der Waals surface area contributed by atoms with E-state index in [1.807, 2.05) is 30.5 Å². The van der Waals surface area contributed by atoms with Crippen molar-refractivity contribution in [3.63, 3.8) is 0 Å². The molecule has 3 heterocycles. The lowest BCUT2D eigenvalue weighted by atomic mass is 10.3. The van der Waals surface area contributed by atoms with E-state index in [1.54, 1.807) is 23.5 Å². The second kappa shape index (κ2) is 8.11. The van der Waals surface area contributed by atoms with Gasteiger partial charge in [0.05, 0.1) is 17.1 Å². The minimum Gasteiger partial charge on any atom is -0.462 e. The van der Waals surface area contributed by atoms with Crippen molar-refractivity contribution in [2.75, 3.05) is 5.32 Å². The van der Waals surface area contributed by atoms with Crippen LogP contribution in [-0.4, -0.2) is 16.8 Å². The predicted octanol–water partition coefficient (Wildman–Crippen LogP) is 4.06. The van der Waals surface area contributed by atoms with Crippen LogP contribution in [-0.2, 0) is 16.1 Å². The van der Waals surface area contributed by atoms with Crippen molar-refractivity contribution in [1.29, 1.82) is 0 Å². The lowest BCUT2D eigenvalue weighted by Crippen LogP contribution is -2.17. The molecule has 0 unspecified atom stereocenters. The van der Waals surface area contributed by atoms with Gasteiger partial charge in [0.1, 0.15) is 11.5 Å². The summed E-state index contributed by atoms with van der Waals surface area (Å²) in [4.78, 5) is 29.4. The standard InChI is InChI=1S/C18H17N3O3S2/c1-11-3-4-13(24-11)5-8-17(23)21-18-20-15(10-25-18)16-7-6-14(26-16)9-19-12(2)22/h3-8,10H,9H2,1-2H3,(H,19,22)(H,20,21,23)/b8-5+. The van der Waals surface area contributed by atoms with Crippen LogP contribution in [0.15, 0.2) is 40.1 Å². The van der Waals surface area contributed by atoms with Crippen LogP contribution in [0.25, 0.3) is 16.6 Å². The van der Waals surface area contributed by atoms with E-state index in [2.05, 4.69) is 15.6 Å². The molecule has 0 fully saturated rings. The van der Waals surface area contributed by atoms with Gasteiger partial charge in [-0.25, -0.2) is 4.98 Å². The van der Waals surface area contributed by atoms with E-state index in [-0.39, 0.29) is 11.8 Å². The number of thiazole rings is 1. The Morgan fingerprint density at radius 2 is 2.12 bits per heavy atom. The summed E-state index contributed by atoms with van der Waals surface area (Å²) in [7, 11) is 0. The fourth-order valence-corrected chi connectivity index (χ4v) is 3.81. The molecule has 0 aliphatic rings. The number of anilines is 1. The summed E-state index contributed by atoms with van der Waals surface area (Å²) in [6, 6.07) is 7.56. The fourth-order valence-electron chi connectivity index (χ4n) is 2.11. The molecule has 0 saturated heterocycles. The number of aryl methyl sites for hydroxylation is 1. The van der Waals surface area contributed by atoms with Gasteiger partial charge < -0.3 is 9.73 Å². The molecule has 0 aromatic carbocycles. The summed E-state index contributed by atoms with van der Waals surface area (Å²) in [5.74, 6) is 1.10. The van der Waals surface area contributed by atoms with Crippen LogP contribution in [0.5, 0.6) is 0 Å². The number of furan rings is 1. The minimum absolute atomic E-state index is 0.0589. The molecule has 26 heavy (non-hydrogen) atoms. The second-order valence-electron chi connectivity index (χ2n) is 5.48. The van der Waals surface area contributed by atoms with Gasteiger partial charge in [-0.15, -0.1) is 22.7 Å². The molecule has 0 spiro atoms. The molecule has 3 rings (SSSR count). The zero-order valence-corrected chi connectivity index (χ0v) is 15.9. The molecule has 2 amide bonds. The smallest absolute Gasteiger partial charge is 0.250 e. The Labute approximate surface area is 158 Å². The van der Waals surface area contributed by atoms with Crippen LogP contribution in [0.4, 0.5) is 5.13 Å². The van der Waals surface area contributed by atoms with Gasteiger partial charge in [-0.05, 0) is 37.3 Å². The van der Waals surface area contributed by atoms with Crippen molar-refractivity contribution in [3.8, 4) is 10.6 Å². The Morgan fingerprint density at radius 1 is 1.27 bits per heavy atom. The van der Waals surface area contributed by atoms with Gasteiger partial charge in [-0.1, -0.05) is 0 Å². The summed E-state index contributed by atoms with van der Waals surface area (Å²) >= 11 is 2.92. The molecule has 0 aliphatic heterocycles. The largest absolute Gasteiger partial charge is 0.462 e. The maximum absolute atomic E-state index is 12.0. The van der Waals surface area contributed by atoms with Crippen molar-refractivity contribution in [2.45, 2.75) is 20.4 Å². The third kappa shape index (κ3) is 4.90. The van der Waals surface area contributed by atoms with E-state index in [9.17, 15) is 9.59 Å². The summed E-state index contributed by atoms with van der Waals surface area (Å²) in [6.07, 6.45) is 3.03. The summed E-state index contributed by atoms with van der Waals surface area (Å²) in [5.41, 5.74) is 0.801. The highest BCUT2D eigenvalue weighted by molar-refractivity contribution is 7.17. The molecule has 0 atom stereocenters. The molecule has 3 aromatic rings. The lowest BCUT2D eigenvalue weighted by Gasteiger charge is -1.97. The van der Waals surface area contributed by atoms with Crippen molar-refractivity contribution in [2.24, 2.45) is 0 Å². The average Bonchev–Trinajstić information content (AvgIpc) is 3.31. The second-order valence-corrected chi connectivity index (χ2v) is 7.51. The number of rotatable bonds is 6. The maximum Gasteiger partial charge on any atom is 0.250 e. The summed E-state index contributed by atoms with van der Waals surface area (Å²) < 4.78 is 5.38. The Balaban J connectivity index is 1.60. The first-order valence-corrected chi connectivity index (χ1v) is 9.54. The lowest BCUT2D eigenvalue weighted by molar-refractivity contribution is -0.119. The first-order chi connectivity index (χ1) is 12.5. The summed E-state index contributed by atoms with van der Waals surface area (Å²) in [6.45, 7) is 3.84. The zero-order chi connectivity index (χ0) is 18.5. The quantitative estimate of drug-likeness (QED) is 0.625. The highest BCUT2D eigenvalue weighted by Gasteiger charge is 2.09. The Bertz CT molecular complexity index is 952. The number of nitrogens with one attached hydrogen (secondary N) is 2. The number of nitrogens with zero attached hydrogens (tertiary/aromatic N) is 1. The van der Waals surface area contributed by atoms with Crippen LogP contribution >= 0.6 is 22.7 Å². The minimum atomic E-state index is -0.266. The molecular formula is C18H17N3O3S2. The molecule has 0 aliphatic carbocycles. The highest BCUT2D eigenvalue weighted by Crippen LogP contribution is 2.30. The van der Waals surface area contributed by atoms with Crippen LogP contribution in [0, 0.1) is 6.92 Å². The maximum atomic E-state index is 12.0. The van der Waals surface area contributed by atoms with Gasteiger partial charge >= 0.3 is 0 Å². The normalized spacial score (nSPS) is 11.0. The molecule has 0 radical (unpaired) electrons. The SMILES string of the molecule is CC(=O)NCc1ccc(-c2csc(NC(=O)/C=C/c3ccc(C)o3)n2)s1. The molecule has 0 saturated carbocycles. The van der Waals surface area contributed by atoms with E-state index < -0.39 is 0 Å². The molecular weight excluding hydrogens is 370 g/mol. The monoisotopic (exact) mass is 387 g/mol. The van der Waals surface area contributed by atoms with Gasteiger partial charge in [0.15, 0.2) is 5.13 Å². The topological polar surface area (TPSA) is 84.2 Å². The van der Waals surface area contributed by atoms with Gasteiger partial charge in [0, 0.05) is 23.3 Å².